The number of amides is 1. The van der Waals surface area contributed by atoms with Crippen LogP contribution in [0.15, 0.2) is 0 Å². The maximum Gasteiger partial charge on any atom is 0.226 e. The van der Waals surface area contributed by atoms with Gasteiger partial charge in [-0.3, -0.25) is 4.79 Å². The van der Waals surface area contributed by atoms with Crippen LogP contribution < -0.4 is 0 Å². The highest BCUT2D eigenvalue weighted by Gasteiger charge is 2.44. The first-order valence-electron chi connectivity index (χ1n) is 5.15. The third kappa shape index (κ3) is 1.83. The average Bonchev–Trinajstić information content (AvgIpc) is 2.80. The molecule has 74 valence electrons. The van der Waals surface area contributed by atoms with Gasteiger partial charge in [-0.05, 0) is 18.8 Å². The molecule has 2 aliphatic rings. The van der Waals surface area contributed by atoms with E-state index in [0.29, 0.717) is 17.7 Å². The van der Waals surface area contributed by atoms with Gasteiger partial charge in [-0.15, -0.1) is 11.6 Å². The Balaban J connectivity index is 1.85. The van der Waals surface area contributed by atoms with Crippen molar-refractivity contribution < 1.29 is 4.79 Å². The van der Waals surface area contributed by atoms with Gasteiger partial charge in [0.1, 0.15) is 0 Å². The Bertz CT molecular complexity index is 219. The molecule has 3 atom stereocenters. The molecule has 2 rings (SSSR count). The molecule has 3 heteroatoms. The molecule has 13 heavy (non-hydrogen) atoms. The third-order valence-electron chi connectivity index (χ3n) is 3.21. The molecular weight excluding hydrogens is 186 g/mol. The molecule has 0 bridgehead atoms. The number of hydrogen-bond acceptors (Lipinski definition) is 1. The molecule has 0 aromatic carbocycles. The first-order chi connectivity index (χ1) is 6.22. The van der Waals surface area contributed by atoms with Crippen molar-refractivity contribution >= 4 is 17.5 Å². The van der Waals surface area contributed by atoms with Gasteiger partial charge in [-0.25, -0.2) is 0 Å². The molecule has 0 spiro atoms. The fraction of sp³-hybridized carbons (Fsp3) is 0.900. The Labute approximate surface area is 84.2 Å². The zero-order valence-electron chi connectivity index (χ0n) is 8.00. The zero-order chi connectivity index (χ0) is 9.42. The molecule has 1 heterocycles. The van der Waals surface area contributed by atoms with Crippen LogP contribution in [0.2, 0.25) is 0 Å². The van der Waals surface area contributed by atoms with E-state index < -0.39 is 0 Å². The van der Waals surface area contributed by atoms with E-state index in [0.717, 1.165) is 32.4 Å². The Kier molecular flexibility index (Phi) is 2.50. The standard InChI is InChI=1S/C10H16ClNO/c1-2-7-5-9(7)10(13)12-4-3-8(11)6-12/h7-9H,2-6H2,1H3. The number of halogens is 1. The summed E-state index contributed by atoms with van der Waals surface area (Å²) in [7, 11) is 0. The third-order valence-corrected chi connectivity index (χ3v) is 3.56. The van der Waals surface area contributed by atoms with Gasteiger partial charge in [-0.2, -0.15) is 0 Å². The monoisotopic (exact) mass is 201 g/mol. The van der Waals surface area contributed by atoms with Crippen molar-refractivity contribution in [2.45, 2.75) is 31.6 Å². The summed E-state index contributed by atoms with van der Waals surface area (Å²) in [6.07, 6.45) is 3.23. The van der Waals surface area contributed by atoms with Crippen molar-refractivity contribution in [3.63, 3.8) is 0 Å². The number of carbonyl (C=O) groups excluding carboxylic acids is 1. The number of rotatable bonds is 2. The van der Waals surface area contributed by atoms with E-state index in [-0.39, 0.29) is 5.38 Å². The first-order valence-corrected chi connectivity index (χ1v) is 5.59. The van der Waals surface area contributed by atoms with Crippen LogP contribution in [0.5, 0.6) is 0 Å². The Morgan fingerprint density at radius 2 is 2.38 bits per heavy atom. The van der Waals surface area contributed by atoms with E-state index in [4.69, 9.17) is 11.6 Å². The maximum absolute atomic E-state index is 11.8. The predicted molar refractivity (Wildman–Crippen MR) is 52.7 cm³/mol. The summed E-state index contributed by atoms with van der Waals surface area (Å²) in [4.78, 5) is 13.7. The van der Waals surface area contributed by atoms with Crippen LogP contribution >= 0.6 is 11.6 Å². The topological polar surface area (TPSA) is 20.3 Å². The lowest BCUT2D eigenvalue weighted by atomic mass is 10.2. The lowest BCUT2D eigenvalue weighted by Crippen LogP contribution is -2.30. The van der Waals surface area contributed by atoms with Gasteiger partial charge in [-0.1, -0.05) is 13.3 Å². The summed E-state index contributed by atoms with van der Waals surface area (Å²) >= 11 is 5.95. The smallest absolute Gasteiger partial charge is 0.226 e. The van der Waals surface area contributed by atoms with Crippen LogP contribution in [0, 0.1) is 11.8 Å². The van der Waals surface area contributed by atoms with Crippen molar-refractivity contribution in [1.29, 1.82) is 0 Å². The molecule has 2 nitrogen and oxygen atoms in total. The fourth-order valence-corrected chi connectivity index (χ4v) is 2.42. The molecular formula is C10H16ClNO. The van der Waals surface area contributed by atoms with Crippen molar-refractivity contribution in [2.75, 3.05) is 13.1 Å². The highest BCUT2D eigenvalue weighted by molar-refractivity contribution is 6.21. The highest BCUT2D eigenvalue weighted by Crippen LogP contribution is 2.42. The lowest BCUT2D eigenvalue weighted by molar-refractivity contribution is -0.131. The van der Waals surface area contributed by atoms with Crippen molar-refractivity contribution in [3.05, 3.63) is 0 Å². The number of nitrogens with zero attached hydrogens (tertiary/aromatic N) is 1. The van der Waals surface area contributed by atoms with Crippen molar-refractivity contribution in [2.24, 2.45) is 11.8 Å². The summed E-state index contributed by atoms with van der Waals surface area (Å²) in [5.74, 6) is 1.36. The van der Waals surface area contributed by atoms with Crippen LogP contribution in [0.25, 0.3) is 0 Å². The number of alkyl halides is 1. The van der Waals surface area contributed by atoms with Gasteiger partial charge < -0.3 is 4.90 Å². The quantitative estimate of drug-likeness (QED) is 0.625. The second-order valence-electron chi connectivity index (χ2n) is 4.18. The summed E-state index contributed by atoms with van der Waals surface area (Å²) in [6, 6.07) is 0. The number of carbonyl (C=O) groups is 1. The van der Waals surface area contributed by atoms with Gasteiger partial charge in [0.05, 0.1) is 5.38 Å². The van der Waals surface area contributed by atoms with Crippen LogP contribution in [-0.4, -0.2) is 29.3 Å². The fourth-order valence-electron chi connectivity index (χ4n) is 2.15. The average molecular weight is 202 g/mol. The molecule has 0 N–H and O–H groups in total. The molecule has 1 aliphatic heterocycles. The molecule has 0 aromatic heterocycles. The summed E-state index contributed by atoms with van der Waals surface area (Å²) < 4.78 is 0. The van der Waals surface area contributed by atoms with Crippen LogP contribution in [-0.2, 0) is 4.79 Å². The number of likely N-dealkylation sites (tertiary alicyclic amines) is 1. The summed E-state index contributed by atoms with van der Waals surface area (Å²) in [6.45, 7) is 3.81. The number of hydrogen-bond donors (Lipinski definition) is 0. The normalized spacial score (nSPS) is 38.0. The van der Waals surface area contributed by atoms with Gasteiger partial charge in [0.15, 0.2) is 0 Å². The Hall–Kier alpha value is -0.240. The Morgan fingerprint density at radius 3 is 2.85 bits per heavy atom. The zero-order valence-corrected chi connectivity index (χ0v) is 8.76. The molecule has 1 saturated heterocycles. The molecule has 1 amide bonds. The maximum atomic E-state index is 11.8. The minimum atomic E-state index is 0.197. The second-order valence-corrected chi connectivity index (χ2v) is 4.80. The summed E-state index contributed by atoms with van der Waals surface area (Å²) in [5, 5.41) is 0.197. The van der Waals surface area contributed by atoms with E-state index in [1.807, 2.05) is 4.90 Å². The van der Waals surface area contributed by atoms with Gasteiger partial charge in [0.25, 0.3) is 0 Å². The minimum Gasteiger partial charge on any atom is -0.341 e. The van der Waals surface area contributed by atoms with Crippen LogP contribution in [0.1, 0.15) is 26.2 Å². The van der Waals surface area contributed by atoms with E-state index in [1.54, 1.807) is 0 Å². The molecule has 3 unspecified atom stereocenters. The van der Waals surface area contributed by atoms with Crippen molar-refractivity contribution in [1.82, 2.24) is 4.90 Å². The summed E-state index contributed by atoms with van der Waals surface area (Å²) in [5.41, 5.74) is 0. The first kappa shape index (κ1) is 9.32. The van der Waals surface area contributed by atoms with Crippen molar-refractivity contribution in [3.8, 4) is 0 Å². The molecule has 1 saturated carbocycles. The molecule has 1 aliphatic carbocycles. The predicted octanol–water partition coefficient (Wildman–Crippen LogP) is 1.87. The van der Waals surface area contributed by atoms with E-state index in [9.17, 15) is 4.79 Å². The van der Waals surface area contributed by atoms with Gasteiger partial charge >= 0.3 is 0 Å². The molecule has 2 fully saturated rings. The molecule has 0 aromatic rings. The largest absolute Gasteiger partial charge is 0.341 e. The van der Waals surface area contributed by atoms with E-state index in [2.05, 4.69) is 6.92 Å². The van der Waals surface area contributed by atoms with Crippen LogP contribution in [0.4, 0.5) is 0 Å². The highest BCUT2D eigenvalue weighted by atomic mass is 35.5. The van der Waals surface area contributed by atoms with E-state index >= 15 is 0 Å². The van der Waals surface area contributed by atoms with E-state index in [1.165, 1.54) is 0 Å². The van der Waals surface area contributed by atoms with Crippen LogP contribution in [0.3, 0.4) is 0 Å². The lowest BCUT2D eigenvalue weighted by Gasteiger charge is -2.15. The van der Waals surface area contributed by atoms with Gasteiger partial charge in [0, 0.05) is 19.0 Å². The SMILES string of the molecule is CCC1CC1C(=O)N1CCC(Cl)C1. The second kappa shape index (κ2) is 3.49. The molecule has 0 radical (unpaired) electrons. The Morgan fingerprint density at radius 1 is 1.62 bits per heavy atom. The van der Waals surface area contributed by atoms with Gasteiger partial charge in [0.2, 0.25) is 5.91 Å². The minimum absolute atomic E-state index is 0.197.